The minimum atomic E-state index is -3.42. The molecule has 0 aliphatic carbocycles. The molecule has 2 saturated heterocycles. The van der Waals surface area contributed by atoms with Crippen LogP contribution in [0.15, 0.2) is 47.4 Å². The Labute approximate surface area is 203 Å². The van der Waals surface area contributed by atoms with Gasteiger partial charge < -0.3 is 15.1 Å². The first-order valence-electron chi connectivity index (χ1n) is 12.3. The molecule has 0 atom stereocenters. The molecule has 34 heavy (non-hydrogen) atoms. The van der Waals surface area contributed by atoms with Gasteiger partial charge in [-0.1, -0.05) is 18.6 Å². The second-order valence-corrected chi connectivity index (χ2v) is 11.4. The van der Waals surface area contributed by atoms with E-state index in [4.69, 9.17) is 0 Å². The van der Waals surface area contributed by atoms with Gasteiger partial charge in [0.25, 0.3) is 0 Å². The summed E-state index contributed by atoms with van der Waals surface area (Å²) in [4.78, 5) is 17.6. The fraction of sp³-hybridized carbons (Fsp3) is 0.500. The zero-order valence-electron chi connectivity index (χ0n) is 20.3. The third-order valence-corrected chi connectivity index (χ3v) is 8.75. The van der Waals surface area contributed by atoms with Gasteiger partial charge >= 0.3 is 0 Å². The number of sulfonamides is 1. The topological polar surface area (TPSA) is 73.0 Å². The average Bonchev–Trinajstić information content (AvgIpc) is 2.84. The summed E-state index contributed by atoms with van der Waals surface area (Å²) in [6, 6.07) is 13.1. The number of aryl methyl sites for hydroxylation is 2. The Hall–Kier alpha value is -2.42. The van der Waals surface area contributed by atoms with E-state index in [9.17, 15) is 13.2 Å². The van der Waals surface area contributed by atoms with E-state index in [1.54, 1.807) is 16.4 Å². The molecule has 2 aliphatic rings. The molecule has 0 radical (unpaired) electrons. The van der Waals surface area contributed by atoms with E-state index in [0.717, 1.165) is 62.3 Å². The van der Waals surface area contributed by atoms with Crippen LogP contribution in [0.3, 0.4) is 0 Å². The summed E-state index contributed by atoms with van der Waals surface area (Å²) in [6.07, 6.45) is 3.84. The van der Waals surface area contributed by atoms with E-state index in [1.807, 2.05) is 24.3 Å². The second kappa shape index (κ2) is 10.9. The number of piperidine rings is 1. The first-order chi connectivity index (χ1) is 16.3. The fourth-order valence-electron chi connectivity index (χ4n) is 4.70. The lowest BCUT2D eigenvalue weighted by Crippen LogP contribution is -2.44. The number of benzene rings is 2. The number of likely N-dealkylation sites (N-methyl/N-ethyl adjacent to an activating group) is 1. The van der Waals surface area contributed by atoms with Gasteiger partial charge in [-0.3, -0.25) is 4.79 Å². The number of rotatable bonds is 7. The summed E-state index contributed by atoms with van der Waals surface area (Å²) in [7, 11) is -1.27. The summed E-state index contributed by atoms with van der Waals surface area (Å²) in [5.74, 6) is -0.0447. The molecule has 0 spiro atoms. The molecule has 8 heteroatoms. The van der Waals surface area contributed by atoms with Gasteiger partial charge in [-0.05, 0) is 74.7 Å². The predicted molar refractivity (Wildman–Crippen MR) is 137 cm³/mol. The van der Waals surface area contributed by atoms with Crippen LogP contribution < -0.4 is 10.2 Å². The van der Waals surface area contributed by atoms with Gasteiger partial charge in [0.2, 0.25) is 15.9 Å². The SMILES string of the molecule is Cc1cc(NC(=O)CCc2ccc(S(=O)(=O)N3CCCCC3)cc2)ccc1N1CCN(C)CC1. The van der Waals surface area contributed by atoms with Crippen molar-refractivity contribution >= 4 is 27.3 Å². The van der Waals surface area contributed by atoms with Crippen molar-refractivity contribution in [3.8, 4) is 0 Å². The standard InChI is InChI=1S/C26H36N4O3S/c1-21-20-23(9-12-25(21)29-18-16-28(2)17-19-29)27-26(31)13-8-22-6-10-24(11-7-22)34(32,33)30-14-4-3-5-15-30/h6-7,9-12,20H,3-5,8,13-19H2,1-2H3,(H,27,31). The van der Waals surface area contributed by atoms with Crippen LogP contribution in [0, 0.1) is 6.92 Å². The highest BCUT2D eigenvalue weighted by Gasteiger charge is 2.25. The van der Waals surface area contributed by atoms with Crippen LogP contribution in [0.5, 0.6) is 0 Å². The molecule has 1 N–H and O–H groups in total. The van der Waals surface area contributed by atoms with Crippen molar-refractivity contribution < 1.29 is 13.2 Å². The van der Waals surface area contributed by atoms with Gasteiger partial charge in [-0.15, -0.1) is 0 Å². The Morgan fingerprint density at radius 3 is 2.24 bits per heavy atom. The maximum Gasteiger partial charge on any atom is 0.243 e. The van der Waals surface area contributed by atoms with Gasteiger partial charge in [0.05, 0.1) is 4.90 Å². The van der Waals surface area contributed by atoms with Crippen molar-refractivity contribution in [1.82, 2.24) is 9.21 Å². The third kappa shape index (κ3) is 5.98. The highest BCUT2D eigenvalue weighted by atomic mass is 32.2. The van der Waals surface area contributed by atoms with Gasteiger partial charge in [-0.25, -0.2) is 8.42 Å². The molecule has 184 valence electrons. The molecular formula is C26H36N4O3S. The quantitative estimate of drug-likeness (QED) is 0.651. The number of nitrogens with one attached hydrogen (secondary N) is 1. The van der Waals surface area contributed by atoms with E-state index < -0.39 is 10.0 Å². The van der Waals surface area contributed by atoms with E-state index in [-0.39, 0.29) is 5.91 Å². The summed E-state index contributed by atoms with van der Waals surface area (Å²) < 4.78 is 27.2. The number of carbonyl (C=O) groups excluding carboxylic acids is 1. The van der Waals surface area contributed by atoms with Crippen LogP contribution in [-0.4, -0.2) is 69.8 Å². The van der Waals surface area contributed by atoms with E-state index in [1.165, 1.54) is 5.69 Å². The number of nitrogens with zero attached hydrogens (tertiary/aromatic N) is 3. The maximum absolute atomic E-state index is 12.8. The molecule has 4 rings (SSSR count). The normalized spacial score (nSPS) is 18.1. The zero-order chi connectivity index (χ0) is 24.1. The largest absolute Gasteiger partial charge is 0.369 e. The average molecular weight is 485 g/mol. The lowest BCUT2D eigenvalue weighted by atomic mass is 10.1. The zero-order valence-corrected chi connectivity index (χ0v) is 21.1. The summed E-state index contributed by atoms with van der Waals surface area (Å²) >= 11 is 0. The molecule has 2 aliphatic heterocycles. The van der Waals surface area contributed by atoms with E-state index in [0.29, 0.717) is 30.8 Å². The van der Waals surface area contributed by atoms with Crippen molar-refractivity contribution in [3.05, 3.63) is 53.6 Å². The molecule has 2 heterocycles. The van der Waals surface area contributed by atoms with E-state index in [2.05, 4.69) is 35.2 Å². The van der Waals surface area contributed by atoms with Crippen LogP contribution >= 0.6 is 0 Å². The summed E-state index contributed by atoms with van der Waals surface area (Å²) in [5, 5.41) is 3.00. The number of hydrogen-bond acceptors (Lipinski definition) is 5. The molecule has 7 nitrogen and oxygen atoms in total. The van der Waals surface area contributed by atoms with Crippen LogP contribution in [0.2, 0.25) is 0 Å². The predicted octanol–water partition coefficient (Wildman–Crippen LogP) is 3.49. The van der Waals surface area contributed by atoms with Crippen molar-refractivity contribution in [2.24, 2.45) is 0 Å². The minimum Gasteiger partial charge on any atom is -0.369 e. The molecule has 1 amide bonds. The van der Waals surface area contributed by atoms with Crippen LogP contribution in [0.25, 0.3) is 0 Å². The fourth-order valence-corrected chi connectivity index (χ4v) is 6.22. The van der Waals surface area contributed by atoms with Crippen molar-refractivity contribution in [2.75, 3.05) is 56.5 Å². The Morgan fingerprint density at radius 1 is 0.912 bits per heavy atom. The number of carbonyl (C=O) groups is 1. The minimum absolute atomic E-state index is 0.0447. The van der Waals surface area contributed by atoms with E-state index >= 15 is 0 Å². The highest BCUT2D eigenvalue weighted by molar-refractivity contribution is 7.89. The monoisotopic (exact) mass is 484 g/mol. The van der Waals surface area contributed by atoms with Crippen molar-refractivity contribution in [2.45, 2.75) is 43.9 Å². The molecule has 0 bridgehead atoms. The Bertz CT molecular complexity index is 1090. The number of anilines is 2. The molecule has 0 unspecified atom stereocenters. The number of amides is 1. The first kappa shape index (κ1) is 24.7. The molecule has 2 fully saturated rings. The van der Waals surface area contributed by atoms with Gasteiger partial charge in [0.1, 0.15) is 0 Å². The van der Waals surface area contributed by atoms with Crippen molar-refractivity contribution in [1.29, 1.82) is 0 Å². The first-order valence-corrected chi connectivity index (χ1v) is 13.7. The van der Waals surface area contributed by atoms with Gasteiger partial charge in [-0.2, -0.15) is 4.31 Å². The second-order valence-electron chi connectivity index (χ2n) is 9.45. The molecule has 2 aromatic rings. The third-order valence-electron chi connectivity index (χ3n) is 6.84. The van der Waals surface area contributed by atoms with Gasteiger partial charge in [0.15, 0.2) is 0 Å². The molecule has 0 aromatic heterocycles. The van der Waals surface area contributed by atoms with Crippen LogP contribution in [0.4, 0.5) is 11.4 Å². The molecular weight excluding hydrogens is 448 g/mol. The lowest BCUT2D eigenvalue weighted by molar-refractivity contribution is -0.116. The number of piperazine rings is 1. The van der Waals surface area contributed by atoms with Crippen molar-refractivity contribution in [3.63, 3.8) is 0 Å². The Kier molecular flexibility index (Phi) is 7.91. The van der Waals surface area contributed by atoms with Crippen LogP contribution in [-0.2, 0) is 21.2 Å². The van der Waals surface area contributed by atoms with Gasteiger partial charge in [0, 0.05) is 57.1 Å². The summed E-state index contributed by atoms with van der Waals surface area (Å²) in [6.45, 7) is 7.43. The Morgan fingerprint density at radius 2 is 1.59 bits per heavy atom. The number of hydrogen-bond donors (Lipinski definition) is 1. The summed E-state index contributed by atoms with van der Waals surface area (Å²) in [5.41, 5.74) is 4.15. The molecule has 2 aromatic carbocycles. The van der Waals surface area contributed by atoms with Crippen LogP contribution in [0.1, 0.15) is 36.8 Å². The Balaban J connectivity index is 1.29. The molecule has 0 saturated carbocycles. The highest BCUT2D eigenvalue weighted by Crippen LogP contribution is 2.25. The maximum atomic E-state index is 12.8. The lowest BCUT2D eigenvalue weighted by Gasteiger charge is -2.35. The smallest absolute Gasteiger partial charge is 0.243 e.